The molecule has 0 heterocycles. The molecule has 0 radical (unpaired) electrons. The Morgan fingerprint density at radius 3 is 1.97 bits per heavy atom. The molecule has 2 N–H and O–H groups in total. The number of rotatable bonds is 9. The Hall–Kier alpha value is -4.01. The molecule has 6 nitrogen and oxygen atoms in total. The zero-order valence-corrected chi connectivity index (χ0v) is 19.2. The molecule has 35 heavy (non-hydrogen) atoms. The lowest BCUT2D eigenvalue weighted by atomic mass is 10.1. The van der Waals surface area contributed by atoms with E-state index in [0.29, 0.717) is 23.6 Å². The summed E-state index contributed by atoms with van der Waals surface area (Å²) in [5, 5.41) is 5.46. The van der Waals surface area contributed by atoms with Gasteiger partial charge in [0.2, 0.25) is 5.91 Å². The first-order chi connectivity index (χ1) is 16.7. The predicted molar refractivity (Wildman–Crippen MR) is 127 cm³/mol. The number of ether oxygens (including phenoxy) is 2. The fourth-order valence-corrected chi connectivity index (χ4v) is 3.33. The van der Waals surface area contributed by atoms with Crippen LogP contribution >= 0.6 is 0 Å². The van der Waals surface area contributed by atoms with Gasteiger partial charge in [0.25, 0.3) is 5.91 Å². The summed E-state index contributed by atoms with van der Waals surface area (Å²) in [5.41, 5.74) is 0.457. The van der Waals surface area contributed by atoms with E-state index < -0.39 is 17.6 Å². The van der Waals surface area contributed by atoms with Crippen molar-refractivity contribution in [3.8, 4) is 11.5 Å². The molecule has 3 aromatic carbocycles. The molecule has 3 rings (SSSR count). The van der Waals surface area contributed by atoms with E-state index in [4.69, 9.17) is 9.47 Å². The zero-order chi connectivity index (χ0) is 25.4. The van der Waals surface area contributed by atoms with Crippen molar-refractivity contribution in [1.82, 2.24) is 0 Å². The van der Waals surface area contributed by atoms with E-state index in [1.165, 1.54) is 24.3 Å². The molecule has 2 amide bonds. The van der Waals surface area contributed by atoms with Crippen LogP contribution in [0.15, 0.2) is 66.7 Å². The average Bonchev–Trinajstić information content (AvgIpc) is 2.82. The van der Waals surface area contributed by atoms with Gasteiger partial charge in [0, 0.05) is 17.7 Å². The summed E-state index contributed by atoms with van der Waals surface area (Å²) in [7, 11) is 0. The molecular formula is C26H25F3N2O4. The summed E-state index contributed by atoms with van der Waals surface area (Å²) in [6.07, 6.45) is -4.77. The van der Waals surface area contributed by atoms with Crippen LogP contribution in [0.3, 0.4) is 0 Å². The van der Waals surface area contributed by atoms with Gasteiger partial charge in [-0.1, -0.05) is 36.4 Å². The van der Waals surface area contributed by atoms with Crippen LogP contribution in [0.25, 0.3) is 0 Å². The highest BCUT2D eigenvalue weighted by atomic mass is 19.4. The van der Waals surface area contributed by atoms with Crippen molar-refractivity contribution in [2.75, 3.05) is 23.8 Å². The Balaban J connectivity index is 1.85. The molecule has 0 atom stereocenters. The van der Waals surface area contributed by atoms with Gasteiger partial charge in [0.15, 0.2) is 0 Å². The number of halogens is 3. The standard InChI is InChI=1S/C26H25F3N2O4/c1-3-34-22-16-21(31-25(33)18-10-6-5-7-11-18)23(35-4-2)15-20(22)30-24(32)14-17-9-8-12-19(13-17)26(27,28)29/h5-13,15-16H,3-4,14H2,1-2H3,(H,30,32)(H,31,33). The van der Waals surface area contributed by atoms with Gasteiger partial charge in [-0.25, -0.2) is 0 Å². The molecule has 0 saturated heterocycles. The Morgan fingerprint density at radius 1 is 0.800 bits per heavy atom. The maximum atomic E-state index is 13.0. The normalized spacial score (nSPS) is 11.0. The van der Waals surface area contributed by atoms with Gasteiger partial charge >= 0.3 is 6.18 Å². The van der Waals surface area contributed by atoms with E-state index in [2.05, 4.69) is 10.6 Å². The minimum absolute atomic E-state index is 0.215. The highest BCUT2D eigenvalue weighted by Gasteiger charge is 2.30. The lowest BCUT2D eigenvalue weighted by molar-refractivity contribution is -0.137. The van der Waals surface area contributed by atoms with Gasteiger partial charge in [-0.15, -0.1) is 0 Å². The Kier molecular flexibility index (Phi) is 8.35. The van der Waals surface area contributed by atoms with Gasteiger partial charge in [-0.05, 0) is 37.6 Å². The fraction of sp³-hybridized carbons (Fsp3) is 0.231. The molecule has 0 aliphatic carbocycles. The number of benzene rings is 3. The van der Waals surface area contributed by atoms with Crippen LogP contribution in [-0.2, 0) is 17.4 Å². The van der Waals surface area contributed by atoms with Crippen molar-refractivity contribution in [3.63, 3.8) is 0 Å². The van der Waals surface area contributed by atoms with Crippen molar-refractivity contribution in [2.45, 2.75) is 26.4 Å². The molecular weight excluding hydrogens is 461 g/mol. The number of alkyl halides is 3. The minimum atomic E-state index is -4.50. The number of nitrogens with one attached hydrogen (secondary N) is 2. The van der Waals surface area contributed by atoms with Crippen LogP contribution in [0, 0.1) is 0 Å². The van der Waals surface area contributed by atoms with Crippen molar-refractivity contribution >= 4 is 23.2 Å². The molecule has 0 spiro atoms. The van der Waals surface area contributed by atoms with Gasteiger partial charge in [-0.3, -0.25) is 9.59 Å². The van der Waals surface area contributed by atoms with Crippen LogP contribution < -0.4 is 20.1 Å². The van der Waals surface area contributed by atoms with Crippen LogP contribution in [0.2, 0.25) is 0 Å². The van der Waals surface area contributed by atoms with Crippen molar-refractivity contribution < 1.29 is 32.2 Å². The lowest BCUT2D eigenvalue weighted by Gasteiger charge is -2.18. The first kappa shape index (κ1) is 25.6. The monoisotopic (exact) mass is 486 g/mol. The first-order valence-corrected chi connectivity index (χ1v) is 11.0. The molecule has 0 unspecified atom stereocenters. The summed E-state index contributed by atoms with van der Waals surface area (Å²) in [6, 6.07) is 16.3. The second-order valence-electron chi connectivity index (χ2n) is 7.45. The van der Waals surface area contributed by atoms with E-state index in [-0.39, 0.29) is 35.9 Å². The summed E-state index contributed by atoms with van der Waals surface area (Å²) in [6.45, 7) is 4.09. The molecule has 0 saturated carbocycles. The molecule has 9 heteroatoms. The van der Waals surface area contributed by atoms with Gasteiger partial charge in [0.1, 0.15) is 11.5 Å². The molecule has 0 aliphatic rings. The van der Waals surface area contributed by atoms with Crippen LogP contribution in [0.1, 0.15) is 35.3 Å². The Morgan fingerprint density at radius 2 is 1.40 bits per heavy atom. The third-order valence-corrected chi connectivity index (χ3v) is 4.86. The summed E-state index contributed by atoms with van der Waals surface area (Å²) >= 11 is 0. The van der Waals surface area contributed by atoms with E-state index >= 15 is 0 Å². The lowest BCUT2D eigenvalue weighted by Crippen LogP contribution is -2.17. The molecule has 0 fully saturated rings. The minimum Gasteiger partial charge on any atom is -0.492 e. The van der Waals surface area contributed by atoms with Crippen LogP contribution in [-0.4, -0.2) is 25.0 Å². The van der Waals surface area contributed by atoms with Gasteiger partial charge in [0.05, 0.1) is 36.6 Å². The molecule has 0 bridgehead atoms. The van der Waals surface area contributed by atoms with Crippen molar-refractivity contribution in [2.24, 2.45) is 0 Å². The van der Waals surface area contributed by atoms with E-state index in [1.54, 1.807) is 44.2 Å². The average molecular weight is 486 g/mol. The Labute approximate surface area is 201 Å². The highest BCUT2D eigenvalue weighted by Crippen LogP contribution is 2.37. The smallest absolute Gasteiger partial charge is 0.416 e. The molecule has 0 aliphatic heterocycles. The summed E-state index contributed by atoms with van der Waals surface area (Å²) < 4.78 is 50.2. The summed E-state index contributed by atoms with van der Waals surface area (Å²) in [5.74, 6) is -0.310. The van der Waals surface area contributed by atoms with Gasteiger partial charge in [-0.2, -0.15) is 13.2 Å². The maximum Gasteiger partial charge on any atom is 0.416 e. The van der Waals surface area contributed by atoms with Crippen LogP contribution in [0.5, 0.6) is 11.5 Å². The zero-order valence-electron chi connectivity index (χ0n) is 19.2. The molecule has 3 aromatic rings. The molecule has 184 valence electrons. The third kappa shape index (κ3) is 6.99. The molecule has 0 aromatic heterocycles. The van der Waals surface area contributed by atoms with E-state index in [0.717, 1.165) is 12.1 Å². The number of carbonyl (C=O) groups excluding carboxylic acids is 2. The number of hydrogen-bond donors (Lipinski definition) is 2. The van der Waals surface area contributed by atoms with Crippen molar-refractivity contribution in [1.29, 1.82) is 0 Å². The second kappa shape index (κ2) is 11.4. The van der Waals surface area contributed by atoms with E-state index in [1.807, 2.05) is 0 Å². The number of amides is 2. The fourth-order valence-electron chi connectivity index (χ4n) is 3.33. The number of hydrogen-bond acceptors (Lipinski definition) is 4. The number of carbonyl (C=O) groups is 2. The van der Waals surface area contributed by atoms with Gasteiger partial charge < -0.3 is 20.1 Å². The SMILES string of the molecule is CCOc1cc(NC(=O)c2ccccc2)c(OCC)cc1NC(=O)Cc1cccc(C(F)(F)F)c1. The maximum absolute atomic E-state index is 13.0. The third-order valence-electron chi connectivity index (χ3n) is 4.86. The number of anilines is 2. The summed E-state index contributed by atoms with van der Waals surface area (Å²) in [4.78, 5) is 25.3. The van der Waals surface area contributed by atoms with Crippen molar-refractivity contribution in [3.05, 3.63) is 83.4 Å². The quantitative estimate of drug-likeness (QED) is 0.393. The Bertz CT molecular complexity index is 1180. The second-order valence-corrected chi connectivity index (χ2v) is 7.45. The topological polar surface area (TPSA) is 76.7 Å². The highest BCUT2D eigenvalue weighted by molar-refractivity contribution is 6.05. The first-order valence-electron chi connectivity index (χ1n) is 11.0. The van der Waals surface area contributed by atoms with E-state index in [9.17, 15) is 22.8 Å². The largest absolute Gasteiger partial charge is 0.492 e. The predicted octanol–water partition coefficient (Wildman–Crippen LogP) is 5.94. The van der Waals surface area contributed by atoms with Crippen LogP contribution in [0.4, 0.5) is 24.5 Å².